The van der Waals surface area contributed by atoms with Crippen molar-refractivity contribution in [2.45, 2.75) is 48.7 Å². The number of ether oxygens (including phenoxy) is 7. The van der Waals surface area contributed by atoms with Gasteiger partial charge in [0, 0.05) is 6.07 Å². The van der Waals surface area contributed by atoms with Crippen LogP contribution in [0, 0.1) is 0 Å². The van der Waals surface area contributed by atoms with Crippen LogP contribution >= 0.6 is 0 Å². The quantitative estimate of drug-likeness (QED) is 0.160. The Morgan fingerprint density at radius 3 is 2.29 bits per heavy atom. The second-order valence-electron chi connectivity index (χ2n) is 9.45. The lowest BCUT2D eigenvalue weighted by Gasteiger charge is -2.42. The number of methoxy groups -OCH3 is 2. The minimum absolute atomic E-state index is 0.00482. The first-order valence-corrected chi connectivity index (χ1v) is 12.4. The van der Waals surface area contributed by atoms with E-state index >= 15 is 0 Å². The highest BCUT2D eigenvalue weighted by Crippen LogP contribution is 2.35. The Kier molecular flexibility index (Phi) is 9.41. The molecule has 0 amide bonds. The van der Waals surface area contributed by atoms with Crippen molar-refractivity contribution in [1.82, 2.24) is 0 Å². The van der Waals surface area contributed by atoms with E-state index in [1.54, 1.807) is 0 Å². The Morgan fingerprint density at radius 1 is 0.976 bits per heavy atom. The van der Waals surface area contributed by atoms with Gasteiger partial charge in [0.1, 0.15) is 36.8 Å². The Morgan fingerprint density at radius 2 is 1.63 bits per heavy atom. The summed E-state index contributed by atoms with van der Waals surface area (Å²) in [5.41, 5.74) is -2.13. The number of phenolic OH excluding ortho intramolecular Hbond substituents is 2. The monoisotopic (exact) mass is 584 g/mol. The standard InChI is InChI=1S/C26H32O15/c1-35-16-7-12(3-5-14(16)28)23(33)37-10-26(34)11-38-25(22(26)32)41-21-20(31)19(30)18(9-27)40-24(21)39-13-4-6-15(29)17(8-13)36-2/h3-8,18-22,24-25,27-32,34H,9-11H2,1-2H3/t18-,19-,20+,21-,22-,24-,25+,26-/m1/s1. The molecule has 2 saturated heterocycles. The van der Waals surface area contributed by atoms with Gasteiger partial charge in [-0.05, 0) is 30.3 Å². The van der Waals surface area contributed by atoms with Crippen molar-refractivity contribution in [3.8, 4) is 28.7 Å². The van der Waals surface area contributed by atoms with Gasteiger partial charge < -0.3 is 68.9 Å². The summed E-state index contributed by atoms with van der Waals surface area (Å²) in [6.07, 6.45) is -11.0. The molecule has 15 heteroatoms. The molecule has 0 aliphatic carbocycles. The molecule has 0 aromatic heterocycles. The summed E-state index contributed by atoms with van der Waals surface area (Å²) in [6, 6.07) is 7.69. The Hall–Kier alpha value is -3.41. The van der Waals surface area contributed by atoms with Crippen LogP contribution < -0.4 is 14.2 Å². The fourth-order valence-corrected chi connectivity index (χ4v) is 4.29. The van der Waals surface area contributed by atoms with Crippen LogP contribution in [0.4, 0.5) is 0 Å². The maximum Gasteiger partial charge on any atom is 0.338 e. The summed E-state index contributed by atoms with van der Waals surface area (Å²) in [6.45, 7) is -1.94. The van der Waals surface area contributed by atoms with Crippen molar-refractivity contribution in [2.24, 2.45) is 0 Å². The van der Waals surface area contributed by atoms with Crippen molar-refractivity contribution < 1.29 is 73.7 Å². The van der Waals surface area contributed by atoms with Gasteiger partial charge in [0.25, 0.3) is 0 Å². The molecule has 0 unspecified atom stereocenters. The molecule has 2 aliphatic heterocycles. The third kappa shape index (κ3) is 6.42. The van der Waals surface area contributed by atoms with Gasteiger partial charge in [-0.15, -0.1) is 0 Å². The summed E-state index contributed by atoms with van der Waals surface area (Å²) in [7, 11) is 2.62. The highest BCUT2D eigenvalue weighted by molar-refractivity contribution is 5.90. The zero-order valence-electron chi connectivity index (χ0n) is 22.0. The van der Waals surface area contributed by atoms with Gasteiger partial charge >= 0.3 is 5.97 Å². The number of hydrogen-bond acceptors (Lipinski definition) is 15. The molecule has 0 spiro atoms. The van der Waals surface area contributed by atoms with Gasteiger partial charge in [0.15, 0.2) is 41.0 Å². The molecule has 0 saturated carbocycles. The second kappa shape index (κ2) is 12.6. The van der Waals surface area contributed by atoms with Crippen molar-refractivity contribution in [3.63, 3.8) is 0 Å². The average molecular weight is 585 g/mol. The van der Waals surface area contributed by atoms with Gasteiger partial charge in [-0.2, -0.15) is 0 Å². The first-order valence-electron chi connectivity index (χ1n) is 12.4. The highest BCUT2D eigenvalue weighted by atomic mass is 16.8. The first kappa shape index (κ1) is 30.5. The number of hydrogen-bond donors (Lipinski definition) is 7. The molecule has 8 atom stereocenters. The van der Waals surface area contributed by atoms with E-state index in [0.29, 0.717) is 0 Å². The number of benzene rings is 2. The molecular weight excluding hydrogens is 552 g/mol. The zero-order valence-corrected chi connectivity index (χ0v) is 22.0. The summed E-state index contributed by atoms with van der Waals surface area (Å²) >= 11 is 0. The molecule has 2 heterocycles. The Labute approximate surface area is 233 Å². The number of carbonyl (C=O) groups excluding carboxylic acids is 1. The third-order valence-electron chi connectivity index (χ3n) is 6.69. The molecule has 15 nitrogen and oxygen atoms in total. The van der Waals surface area contributed by atoms with E-state index in [-0.39, 0.29) is 34.3 Å². The summed E-state index contributed by atoms with van der Waals surface area (Å²) in [5, 5.41) is 72.0. The van der Waals surface area contributed by atoms with E-state index in [0.717, 1.165) is 0 Å². The predicted octanol–water partition coefficient (Wildman–Crippen LogP) is -1.38. The van der Waals surface area contributed by atoms with Gasteiger partial charge in [-0.3, -0.25) is 0 Å². The van der Waals surface area contributed by atoms with Crippen LogP contribution in [0.1, 0.15) is 10.4 Å². The SMILES string of the molecule is COc1cc(O[C@@H]2O[C@H](CO)[C@@H](O)[C@H](O)[C@H]2O[C@@H]2OC[C@](O)(COC(=O)c3ccc(O)c(OC)c3)[C@@H]2O)ccc1O. The lowest BCUT2D eigenvalue weighted by atomic mass is 9.98. The van der Waals surface area contributed by atoms with Crippen molar-refractivity contribution in [3.05, 3.63) is 42.0 Å². The number of phenols is 2. The van der Waals surface area contributed by atoms with E-state index in [1.165, 1.54) is 50.6 Å². The lowest BCUT2D eigenvalue weighted by Crippen LogP contribution is -2.62. The van der Waals surface area contributed by atoms with Crippen LogP contribution in [-0.4, -0.2) is 124 Å². The maximum absolute atomic E-state index is 12.5. The largest absolute Gasteiger partial charge is 0.504 e. The van der Waals surface area contributed by atoms with Gasteiger partial charge in [0.05, 0.1) is 33.0 Å². The summed E-state index contributed by atoms with van der Waals surface area (Å²) < 4.78 is 37.6. The van der Waals surface area contributed by atoms with Gasteiger partial charge in [-0.1, -0.05) is 0 Å². The molecule has 2 aliphatic rings. The molecule has 7 N–H and O–H groups in total. The van der Waals surface area contributed by atoms with Crippen LogP contribution in [-0.2, 0) is 18.9 Å². The summed E-state index contributed by atoms with van der Waals surface area (Å²) in [4.78, 5) is 12.5. The van der Waals surface area contributed by atoms with E-state index in [4.69, 9.17) is 33.2 Å². The molecule has 0 bridgehead atoms. The van der Waals surface area contributed by atoms with Crippen molar-refractivity contribution in [2.75, 3.05) is 34.0 Å². The van der Waals surface area contributed by atoms with Crippen LogP contribution in [0.15, 0.2) is 36.4 Å². The number of rotatable bonds is 10. The lowest BCUT2D eigenvalue weighted by molar-refractivity contribution is -0.318. The molecule has 226 valence electrons. The van der Waals surface area contributed by atoms with Gasteiger partial charge in [0.2, 0.25) is 6.29 Å². The van der Waals surface area contributed by atoms with Crippen LogP contribution in [0.25, 0.3) is 0 Å². The maximum atomic E-state index is 12.5. The molecule has 2 aromatic carbocycles. The fourth-order valence-electron chi connectivity index (χ4n) is 4.29. The van der Waals surface area contributed by atoms with Crippen molar-refractivity contribution in [1.29, 1.82) is 0 Å². The third-order valence-corrected chi connectivity index (χ3v) is 6.69. The molecule has 2 fully saturated rings. The normalized spacial score (nSPS) is 31.4. The van der Waals surface area contributed by atoms with E-state index in [9.17, 15) is 40.5 Å². The predicted molar refractivity (Wildman–Crippen MR) is 134 cm³/mol. The fraction of sp³-hybridized carbons (Fsp3) is 0.500. The number of aliphatic hydroxyl groups is 5. The van der Waals surface area contributed by atoms with Crippen LogP contribution in [0.3, 0.4) is 0 Å². The highest BCUT2D eigenvalue weighted by Gasteiger charge is 2.54. The minimum atomic E-state index is -2.13. The topological polar surface area (TPSA) is 223 Å². The van der Waals surface area contributed by atoms with Crippen LogP contribution in [0.2, 0.25) is 0 Å². The zero-order chi connectivity index (χ0) is 29.9. The first-order chi connectivity index (χ1) is 19.5. The van der Waals surface area contributed by atoms with Crippen LogP contribution in [0.5, 0.6) is 28.7 Å². The number of aromatic hydroxyl groups is 2. The van der Waals surface area contributed by atoms with E-state index < -0.39 is 74.5 Å². The van der Waals surface area contributed by atoms with Crippen molar-refractivity contribution >= 4 is 5.97 Å². The molecule has 0 radical (unpaired) electrons. The minimum Gasteiger partial charge on any atom is -0.504 e. The second-order valence-corrected chi connectivity index (χ2v) is 9.45. The van der Waals surface area contributed by atoms with Gasteiger partial charge in [-0.25, -0.2) is 4.79 Å². The van der Waals surface area contributed by atoms with E-state index in [2.05, 4.69) is 0 Å². The number of esters is 1. The number of carbonyl (C=O) groups is 1. The summed E-state index contributed by atoms with van der Waals surface area (Å²) in [5.74, 6) is -1.07. The Bertz CT molecular complexity index is 1210. The molecule has 2 aromatic rings. The molecule has 4 rings (SSSR count). The molecular formula is C26H32O15. The number of aliphatic hydroxyl groups excluding tert-OH is 4. The Balaban J connectivity index is 1.45. The molecule has 41 heavy (non-hydrogen) atoms. The van der Waals surface area contributed by atoms with E-state index in [1.807, 2.05) is 0 Å². The average Bonchev–Trinajstić information content (AvgIpc) is 3.25. The smallest absolute Gasteiger partial charge is 0.338 e.